The average Bonchev–Trinajstić information content (AvgIpc) is 2.64. The quantitative estimate of drug-likeness (QED) is 0.844. The lowest BCUT2D eigenvalue weighted by Crippen LogP contribution is -2.29. The fraction of sp³-hybridized carbons (Fsp3) is 0.556. The summed E-state index contributed by atoms with van der Waals surface area (Å²) < 4.78 is 22.3. The molecular weight excluding hydrogens is 248 g/mol. The van der Waals surface area contributed by atoms with Gasteiger partial charge in [-0.1, -0.05) is 6.92 Å². The summed E-state index contributed by atoms with van der Waals surface area (Å²) in [4.78, 5) is 16.0. The molecule has 0 aliphatic heterocycles. The summed E-state index contributed by atoms with van der Waals surface area (Å²) in [6.45, 7) is 3.54. The van der Waals surface area contributed by atoms with Crippen molar-refractivity contribution in [3.8, 4) is 0 Å². The summed E-state index contributed by atoms with van der Waals surface area (Å²) in [6.07, 6.45) is 1.49. The third-order valence-electron chi connectivity index (χ3n) is 1.98. The van der Waals surface area contributed by atoms with E-state index in [2.05, 4.69) is 10.3 Å². The molecule has 0 bridgehead atoms. The molecule has 0 radical (unpaired) electrons. The van der Waals surface area contributed by atoms with Crippen LogP contribution >= 0.6 is 11.3 Å². The number of amides is 1. The van der Waals surface area contributed by atoms with Crippen LogP contribution in [0.15, 0.2) is 6.20 Å². The number of rotatable bonds is 5. The van der Waals surface area contributed by atoms with E-state index in [1.165, 1.54) is 17.5 Å². The van der Waals surface area contributed by atoms with E-state index in [0.717, 1.165) is 5.01 Å². The van der Waals surface area contributed by atoms with E-state index in [1.807, 2.05) is 6.92 Å². The molecule has 1 amide bonds. The van der Waals surface area contributed by atoms with Gasteiger partial charge in [0.15, 0.2) is 9.84 Å². The third kappa shape index (κ3) is 3.90. The van der Waals surface area contributed by atoms with Crippen LogP contribution in [0.5, 0.6) is 0 Å². The van der Waals surface area contributed by atoms with Gasteiger partial charge in [-0.05, 0) is 6.92 Å². The van der Waals surface area contributed by atoms with E-state index in [1.54, 1.807) is 6.92 Å². The summed E-state index contributed by atoms with van der Waals surface area (Å²) in [5.41, 5.74) is 0. The lowest BCUT2D eigenvalue weighted by molar-refractivity contribution is 0.0960. The normalized spacial score (nSPS) is 11.4. The van der Waals surface area contributed by atoms with Crippen molar-refractivity contribution in [1.29, 1.82) is 0 Å². The zero-order valence-electron chi connectivity index (χ0n) is 9.19. The predicted octanol–water partition coefficient (Wildman–Crippen LogP) is 0.616. The molecule has 7 heteroatoms. The van der Waals surface area contributed by atoms with Crippen LogP contribution in [-0.4, -0.2) is 37.4 Å². The molecule has 90 valence electrons. The van der Waals surface area contributed by atoms with Crippen LogP contribution in [0, 0.1) is 6.92 Å². The fourth-order valence-corrected chi connectivity index (χ4v) is 2.41. The van der Waals surface area contributed by atoms with Gasteiger partial charge in [-0.15, -0.1) is 11.3 Å². The summed E-state index contributed by atoms with van der Waals surface area (Å²) in [7, 11) is -3.02. The molecule has 0 spiro atoms. The summed E-state index contributed by atoms with van der Waals surface area (Å²) in [5, 5.41) is 3.37. The van der Waals surface area contributed by atoms with Crippen LogP contribution in [0.3, 0.4) is 0 Å². The minimum absolute atomic E-state index is 0.0208. The maximum atomic E-state index is 11.5. The Hall–Kier alpha value is -0.950. The van der Waals surface area contributed by atoms with Crippen molar-refractivity contribution in [1.82, 2.24) is 10.3 Å². The monoisotopic (exact) mass is 262 g/mol. The molecule has 16 heavy (non-hydrogen) atoms. The molecule has 0 atom stereocenters. The van der Waals surface area contributed by atoms with E-state index in [4.69, 9.17) is 0 Å². The molecule has 0 aliphatic carbocycles. The van der Waals surface area contributed by atoms with Gasteiger partial charge in [0.1, 0.15) is 4.88 Å². The highest BCUT2D eigenvalue weighted by Crippen LogP contribution is 2.10. The number of sulfone groups is 1. The van der Waals surface area contributed by atoms with E-state index in [0.29, 0.717) is 4.88 Å². The minimum atomic E-state index is -3.02. The number of aryl methyl sites for hydroxylation is 1. The first-order chi connectivity index (χ1) is 7.44. The van der Waals surface area contributed by atoms with Crippen molar-refractivity contribution in [3.05, 3.63) is 16.1 Å². The highest BCUT2D eigenvalue weighted by atomic mass is 32.2. The molecule has 1 aromatic rings. The summed E-state index contributed by atoms with van der Waals surface area (Å²) >= 11 is 1.29. The number of hydrogen-bond acceptors (Lipinski definition) is 5. The van der Waals surface area contributed by atoms with Gasteiger partial charge in [0, 0.05) is 12.3 Å². The second-order valence-corrected chi connectivity index (χ2v) is 6.94. The Balaban J connectivity index is 2.43. The Morgan fingerprint density at radius 3 is 2.75 bits per heavy atom. The van der Waals surface area contributed by atoms with E-state index >= 15 is 0 Å². The number of nitrogens with one attached hydrogen (secondary N) is 1. The van der Waals surface area contributed by atoms with Crippen molar-refractivity contribution >= 4 is 27.1 Å². The number of hydrogen-bond donors (Lipinski definition) is 1. The van der Waals surface area contributed by atoms with E-state index < -0.39 is 9.84 Å². The standard InChI is InChI=1S/C9H14N2O3S2/c1-3-16(13,14)5-4-10-9(12)8-6-11-7(2)15-8/h6H,3-5H2,1-2H3,(H,10,12). The van der Waals surface area contributed by atoms with E-state index in [9.17, 15) is 13.2 Å². The molecule has 0 aliphatic rings. The smallest absolute Gasteiger partial charge is 0.263 e. The zero-order chi connectivity index (χ0) is 12.2. The van der Waals surface area contributed by atoms with Crippen molar-refractivity contribution in [2.45, 2.75) is 13.8 Å². The Morgan fingerprint density at radius 2 is 2.25 bits per heavy atom. The van der Waals surface area contributed by atoms with Gasteiger partial charge in [0.2, 0.25) is 0 Å². The van der Waals surface area contributed by atoms with Gasteiger partial charge >= 0.3 is 0 Å². The molecule has 1 heterocycles. The largest absolute Gasteiger partial charge is 0.350 e. The van der Waals surface area contributed by atoms with Crippen molar-refractivity contribution < 1.29 is 13.2 Å². The van der Waals surface area contributed by atoms with Gasteiger partial charge in [0.25, 0.3) is 5.91 Å². The lowest BCUT2D eigenvalue weighted by atomic mass is 10.5. The Bertz CT molecular complexity index is 465. The molecule has 1 aromatic heterocycles. The molecule has 0 saturated carbocycles. The van der Waals surface area contributed by atoms with Crippen LogP contribution in [0.4, 0.5) is 0 Å². The third-order valence-corrected chi connectivity index (χ3v) is 4.60. The van der Waals surface area contributed by atoms with Crippen LogP contribution in [0.25, 0.3) is 0 Å². The van der Waals surface area contributed by atoms with Gasteiger partial charge in [-0.2, -0.15) is 0 Å². The zero-order valence-corrected chi connectivity index (χ0v) is 10.8. The Kier molecular flexibility index (Phi) is 4.43. The number of nitrogens with zero attached hydrogens (tertiary/aromatic N) is 1. The van der Waals surface area contributed by atoms with Crippen molar-refractivity contribution in [2.24, 2.45) is 0 Å². The maximum Gasteiger partial charge on any atom is 0.263 e. The maximum absolute atomic E-state index is 11.5. The second kappa shape index (κ2) is 5.40. The molecule has 1 rings (SSSR count). The number of aromatic nitrogens is 1. The average molecular weight is 262 g/mol. The van der Waals surface area contributed by atoms with E-state index in [-0.39, 0.29) is 24.0 Å². The van der Waals surface area contributed by atoms with Gasteiger partial charge in [-0.25, -0.2) is 13.4 Å². The Labute approximate surface area is 98.8 Å². The predicted molar refractivity (Wildman–Crippen MR) is 63.5 cm³/mol. The van der Waals surface area contributed by atoms with Crippen LogP contribution < -0.4 is 5.32 Å². The molecule has 0 fully saturated rings. The SMILES string of the molecule is CCS(=O)(=O)CCNC(=O)c1cnc(C)s1. The van der Waals surface area contributed by atoms with Crippen molar-refractivity contribution in [2.75, 3.05) is 18.1 Å². The molecule has 0 aromatic carbocycles. The summed E-state index contributed by atoms with van der Waals surface area (Å²) in [5.74, 6) is -0.188. The molecular formula is C9H14N2O3S2. The lowest BCUT2D eigenvalue weighted by Gasteiger charge is -2.02. The van der Waals surface area contributed by atoms with Crippen molar-refractivity contribution in [3.63, 3.8) is 0 Å². The Morgan fingerprint density at radius 1 is 1.56 bits per heavy atom. The topological polar surface area (TPSA) is 76.1 Å². The second-order valence-electron chi connectivity index (χ2n) is 3.24. The first-order valence-corrected chi connectivity index (χ1v) is 7.49. The first-order valence-electron chi connectivity index (χ1n) is 4.85. The minimum Gasteiger partial charge on any atom is -0.350 e. The number of thiazole rings is 1. The molecule has 0 saturated heterocycles. The molecule has 1 N–H and O–H groups in total. The fourth-order valence-electron chi connectivity index (χ4n) is 1.02. The number of carbonyl (C=O) groups excluding carboxylic acids is 1. The highest BCUT2D eigenvalue weighted by molar-refractivity contribution is 7.91. The van der Waals surface area contributed by atoms with Gasteiger partial charge < -0.3 is 5.32 Å². The molecule has 0 unspecified atom stereocenters. The highest BCUT2D eigenvalue weighted by Gasteiger charge is 2.11. The summed E-state index contributed by atoms with van der Waals surface area (Å²) in [6, 6.07) is 0. The van der Waals surface area contributed by atoms with Gasteiger partial charge in [-0.3, -0.25) is 4.79 Å². The van der Waals surface area contributed by atoms with Gasteiger partial charge in [0.05, 0.1) is 17.0 Å². The van der Waals surface area contributed by atoms with Crippen LogP contribution in [0.2, 0.25) is 0 Å². The number of carbonyl (C=O) groups is 1. The van der Waals surface area contributed by atoms with Crippen LogP contribution in [0.1, 0.15) is 21.6 Å². The molecule has 5 nitrogen and oxygen atoms in total. The van der Waals surface area contributed by atoms with Crippen LogP contribution in [-0.2, 0) is 9.84 Å². The first kappa shape index (κ1) is 13.1.